The first kappa shape index (κ1) is 14.4. The maximum Gasteiger partial charge on any atom is 0.417 e. The standard InChI is InChI=1S/C16H16N2O4/c1-9(2)16-10-6-4-5-7-12(10)18(15(20)21-3)14(16)22-13(19)11(16)8-17/h4-7,9,11,14H,1-3H3/t11-,14+,16-/m1/s1. The Kier molecular flexibility index (Phi) is 3.10. The van der Waals surface area contributed by atoms with Crippen LogP contribution in [0.3, 0.4) is 0 Å². The molecule has 1 aromatic carbocycles. The molecule has 0 bridgehead atoms. The van der Waals surface area contributed by atoms with Crippen LogP contribution in [0.15, 0.2) is 24.3 Å². The van der Waals surface area contributed by atoms with Crippen molar-refractivity contribution in [3.05, 3.63) is 29.8 Å². The monoisotopic (exact) mass is 300 g/mol. The molecule has 0 spiro atoms. The van der Waals surface area contributed by atoms with Gasteiger partial charge in [0.2, 0.25) is 0 Å². The molecular weight excluding hydrogens is 284 g/mol. The second-order valence-corrected chi connectivity index (χ2v) is 5.80. The van der Waals surface area contributed by atoms with Crippen molar-refractivity contribution in [2.24, 2.45) is 11.8 Å². The van der Waals surface area contributed by atoms with Gasteiger partial charge in [-0.05, 0) is 17.5 Å². The Morgan fingerprint density at radius 2 is 2.14 bits per heavy atom. The molecule has 6 nitrogen and oxygen atoms in total. The zero-order valence-corrected chi connectivity index (χ0v) is 12.6. The summed E-state index contributed by atoms with van der Waals surface area (Å²) in [6.45, 7) is 3.85. The molecule has 2 aliphatic heterocycles. The molecule has 3 rings (SSSR count). The van der Waals surface area contributed by atoms with Gasteiger partial charge in [0.15, 0.2) is 12.1 Å². The van der Waals surface area contributed by atoms with Gasteiger partial charge in [0.25, 0.3) is 0 Å². The summed E-state index contributed by atoms with van der Waals surface area (Å²) in [5.74, 6) is -1.62. The van der Waals surface area contributed by atoms with E-state index in [0.717, 1.165) is 5.56 Å². The zero-order chi connectivity index (χ0) is 16.1. The van der Waals surface area contributed by atoms with Gasteiger partial charge in [0.1, 0.15) is 0 Å². The van der Waals surface area contributed by atoms with Gasteiger partial charge in [-0.3, -0.25) is 4.79 Å². The highest BCUT2D eigenvalue weighted by Gasteiger charge is 2.68. The number of esters is 1. The summed E-state index contributed by atoms with van der Waals surface area (Å²) < 4.78 is 10.3. The topological polar surface area (TPSA) is 79.6 Å². The average Bonchev–Trinajstić information content (AvgIpc) is 2.95. The highest BCUT2D eigenvalue weighted by molar-refractivity contribution is 5.96. The van der Waals surface area contributed by atoms with Gasteiger partial charge in [-0.2, -0.15) is 5.26 Å². The number of methoxy groups -OCH3 is 1. The zero-order valence-electron chi connectivity index (χ0n) is 12.6. The second-order valence-electron chi connectivity index (χ2n) is 5.80. The van der Waals surface area contributed by atoms with Crippen molar-refractivity contribution in [3.8, 4) is 6.07 Å². The number of anilines is 1. The maximum absolute atomic E-state index is 12.2. The molecule has 0 saturated carbocycles. The minimum absolute atomic E-state index is 0.0793. The number of hydrogen-bond donors (Lipinski definition) is 0. The smallest absolute Gasteiger partial charge is 0.417 e. The summed E-state index contributed by atoms with van der Waals surface area (Å²) in [7, 11) is 1.28. The molecule has 0 radical (unpaired) electrons. The molecule has 1 amide bonds. The Balaban J connectivity index is 2.31. The average molecular weight is 300 g/mol. The first-order valence-electron chi connectivity index (χ1n) is 7.06. The summed E-state index contributed by atoms with van der Waals surface area (Å²) in [6, 6.07) is 9.32. The fraction of sp³-hybridized carbons (Fsp3) is 0.438. The molecule has 0 unspecified atom stereocenters. The predicted molar refractivity (Wildman–Crippen MR) is 76.8 cm³/mol. The van der Waals surface area contributed by atoms with Gasteiger partial charge >= 0.3 is 12.1 Å². The van der Waals surface area contributed by atoms with Crippen LogP contribution < -0.4 is 4.90 Å². The maximum atomic E-state index is 12.2. The number of nitrogens with zero attached hydrogens (tertiary/aromatic N) is 2. The number of rotatable bonds is 1. The minimum atomic E-state index is -0.951. The van der Waals surface area contributed by atoms with E-state index in [1.807, 2.05) is 26.0 Å². The molecule has 2 heterocycles. The van der Waals surface area contributed by atoms with E-state index in [9.17, 15) is 14.9 Å². The van der Waals surface area contributed by atoms with Crippen molar-refractivity contribution in [2.45, 2.75) is 25.5 Å². The molecular formula is C16H16N2O4. The number of fused-ring (bicyclic) bond motifs is 3. The fourth-order valence-electron chi connectivity index (χ4n) is 3.73. The molecule has 1 saturated heterocycles. The first-order valence-corrected chi connectivity index (χ1v) is 7.06. The SMILES string of the molecule is COC(=O)N1c2ccccc2[C@]2(C(C)C)[C@H](C#N)C(=O)O[C@H]12. The van der Waals surface area contributed by atoms with E-state index >= 15 is 0 Å². The number of hydrogen-bond acceptors (Lipinski definition) is 5. The van der Waals surface area contributed by atoms with Crippen molar-refractivity contribution in [1.82, 2.24) is 0 Å². The molecule has 22 heavy (non-hydrogen) atoms. The van der Waals surface area contributed by atoms with E-state index in [-0.39, 0.29) is 5.92 Å². The third kappa shape index (κ3) is 1.48. The van der Waals surface area contributed by atoms with E-state index in [2.05, 4.69) is 6.07 Å². The molecule has 3 atom stereocenters. The predicted octanol–water partition coefficient (Wildman–Crippen LogP) is 2.19. The van der Waals surface area contributed by atoms with Gasteiger partial charge in [-0.15, -0.1) is 0 Å². The number of carbonyl (C=O) groups is 2. The first-order chi connectivity index (χ1) is 10.5. The minimum Gasteiger partial charge on any atom is -0.452 e. The lowest BCUT2D eigenvalue weighted by molar-refractivity contribution is -0.142. The summed E-state index contributed by atoms with van der Waals surface area (Å²) in [6.07, 6.45) is -1.46. The molecule has 0 aliphatic carbocycles. The molecule has 1 fully saturated rings. The summed E-state index contributed by atoms with van der Waals surface area (Å²) in [5.41, 5.74) is 0.523. The molecule has 0 N–H and O–H groups in total. The number of nitriles is 1. The van der Waals surface area contributed by atoms with Crippen LogP contribution in [-0.4, -0.2) is 25.4 Å². The number of benzene rings is 1. The van der Waals surface area contributed by atoms with Crippen LogP contribution in [-0.2, 0) is 19.7 Å². The largest absolute Gasteiger partial charge is 0.452 e. The Labute approximate surface area is 128 Å². The van der Waals surface area contributed by atoms with Gasteiger partial charge in [0.05, 0.1) is 24.3 Å². The quantitative estimate of drug-likeness (QED) is 0.743. The lowest BCUT2D eigenvalue weighted by Crippen LogP contribution is -2.49. The summed E-state index contributed by atoms with van der Waals surface area (Å²) >= 11 is 0. The Morgan fingerprint density at radius 3 is 2.73 bits per heavy atom. The second kappa shape index (κ2) is 4.73. The van der Waals surface area contributed by atoms with Gasteiger partial charge < -0.3 is 9.47 Å². The number of amides is 1. The highest BCUT2D eigenvalue weighted by Crippen LogP contribution is 2.57. The molecule has 6 heteroatoms. The van der Waals surface area contributed by atoms with Gasteiger partial charge in [-0.1, -0.05) is 32.0 Å². The van der Waals surface area contributed by atoms with Crippen LogP contribution in [0.1, 0.15) is 19.4 Å². The Hall–Kier alpha value is -2.55. The van der Waals surface area contributed by atoms with Gasteiger partial charge in [-0.25, -0.2) is 9.69 Å². The Morgan fingerprint density at radius 1 is 1.45 bits per heavy atom. The van der Waals surface area contributed by atoms with Crippen molar-refractivity contribution in [3.63, 3.8) is 0 Å². The van der Waals surface area contributed by atoms with Crippen molar-refractivity contribution in [2.75, 3.05) is 12.0 Å². The molecule has 2 aliphatic rings. The van der Waals surface area contributed by atoms with Crippen LogP contribution in [0.4, 0.5) is 10.5 Å². The van der Waals surface area contributed by atoms with Crippen LogP contribution in [0.25, 0.3) is 0 Å². The van der Waals surface area contributed by atoms with Crippen molar-refractivity contribution >= 4 is 17.7 Å². The normalized spacial score (nSPS) is 28.9. The van der Waals surface area contributed by atoms with E-state index in [1.165, 1.54) is 12.0 Å². The highest BCUT2D eigenvalue weighted by atomic mass is 16.6. The van der Waals surface area contributed by atoms with Crippen molar-refractivity contribution in [1.29, 1.82) is 5.26 Å². The van der Waals surface area contributed by atoms with E-state index < -0.39 is 29.6 Å². The van der Waals surface area contributed by atoms with Crippen LogP contribution in [0.2, 0.25) is 0 Å². The third-order valence-corrected chi connectivity index (χ3v) is 4.67. The lowest BCUT2D eigenvalue weighted by atomic mass is 9.65. The fourth-order valence-corrected chi connectivity index (χ4v) is 3.73. The van der Waals surface area contributed by atoms with Gasteiger partial charge in [0, 0.05) is 0 Å². The third-order valence-electron chi connectivity index (χ3n) is 4.67. The van der Waals surface area contributed by atoms with Crippen LogP contribution >= 0.6 is 0 Å². The molecule has 0 aromatic heterocycles. The molecule has 1 aromatic rings. The van der Waals surface area contributed by atoms with E-state index in [1.54, 1.807) is 12.1 Å². The summed E-state index contributed by atoms with van der Waals surface area (Å²) in [5, 5.41) is 9.52. The molecule has 114 valence electrons. The van der Waals surface area contributed by atoms with Crippen molar-refractivity contribution < 1.29 is 19.1 Å². The number of para-hydroxylation sites is 1. The van der Waals surface area contributed by atoms with E-state index in [0.29, 0.717) is 5.69 Å². The Bertz CT molecular complexity index is 694. The van der Waals surface area contributed by atoms with Crippen LogP contribution in [0.5, 0.6) is 0 Å². The van der Waals surface area contributed by atoms with E-state index in [4.69, 9.17) is 9.47 Å². The number of ether oxygens (including phenoxy) is 2. The number of carbonyl (C=O) groups excluding carboxylic acids is 2. The lowest BCUT2D eigenvalue weighted by Gasteiger charge is -2.34. The van der Waals surface area contributed by atoms with Crippen LogP contribution in [0, 0.1) is 23.2 Å². The summed E-state index contributed by atoms with van der Waals surface area (Å²) in [4.78, 5) is 25.7.